The van der Waals surface area contributed by atoms with Crippen molar-refractivity contribution < 1.29 is 23.1 Å². The summed E-state index contributed by atoms with van der Waals surface area (Å²) >= 11 is 0. The fourth-order valence-electron chi connectivity index (χ4n) is 1.97. The number of amides is 1. The molecule has 118 valence electrons. The highest BCUT2D eigenvalue weighted by Gasteiger charge is 2.24. The number of sulfone groups is 1. The minimum absolute atomic E-state index is 0.00816. The van der Waals surface area contributed by atoms with Crippen molar-refractivity contribution in [1.29, 1.82) is 0 Å². The van der Waals surface area contributed by atoms with E-state index in [1.54, 1.807) is 18.2 Å². The molecule has 0 aliphatic heterocycles. The van der Waals surface area contributed by atoms with Crippen LogP contribution in [0.4, 0.5) is 0 Å². The molecule has 2 heterocycles. The summed E-state index contributed by atoms with van der Waals surface area (Å²) in [6, 6.07) is 4.88. The summed E-state index contributed by atoms with van der Waals surface area (Å²) in [4.78, 5) is 28.1. The van der Waals surface area contributed by atoms with Crippen molar-refractivity contribution in [3.63, 3.8) is 0 Å². The molecule has 0 unspecified atom stereocenters. The Bertz CT molecular complexity index is 840. The third kappa shape index (κ3) is 3.08. The molecular weight excluding hydrogens is 310 g/mol. The Morgan fingerprint density at radius 2 is 2.05 bits per heavy atom. The van der Waals surface area contributed by atoms with Crippen molar-refractivity contribution >= 4 is 27.2 Å². The Morgan fingerprint density at radius 3 is 2.64 bits per heavy atom. The van der Waals surface area contributed by atoms with Crippen molar-refractivity contribution in [1.82, 2.24) is 14.3 Å². The molecule has 22 heavy (non-hydrogen) atoms. The second-order valence-electron chi connectivity index (χ2n) is 4.84. The van der Waals surface area contributed by atoms with Crippen molar-refractivity contribution in [2.75, 3.05) is 19.8 Å². The van der Waals surface area contributed by atoms with E-state index in [2.05, 4.69) is 4.98 Å². The Balaban J connectivity index is 2.48. The van der Waals surface area contributed by atoms with E-state index < -0.39 is 21.7 Å². The van der Waals surface area contributed by atoms with Crippen molar-refractivity contribution in [3.8, 4) is 0 Å². The average Bonchev–Trinajstić information content (AvgIpc) is 2.83. The van der Waals surface area contributed by atoms with Crippen LogP contribution in [-0.2, 0) is 14.6 Å². The van der Waals surface area contributed by atoms with Crippen LogP contribution in [0.2, 0.25) is 0 Å². The quantitative estimate of drug-likeness (QED) is 0.846. The van der Waals surface area contributed by atoms with Gasteiger partial charge >= 0.3 is 5.97 Å². The number of carbonyl (C=O) groups is 2. The van der Waals surface area contributed by atoms with E-state index in [0.717, 1.165) is 6.26 Å². The summed E-state index contributed by atoms with van der Waals surface area (Å²) in [5.74, 6) is -1.55. The molecule has 0 saturated heterocycles. The van der Waals surface area contributed by atoms with E-state index in [1.807, 2.05) is 0 Å². The predicted octanol–water partition coefficient (Wildman–Crippen LogP) is 0.285. The first kappa shape index (κ1) is 16.0. The molecule has 8 nitrogen and oxygen atoms in total. The molecule has 0 atom stereocenters. The largest absolute Gasteiger partial charge is 0.481 e. The SMILES string of the molecule is CN(CCC(=O)O)C(=O)c1nc(S(C)(=O)=O)n2ccccc12. The number of hydrogen-bond acceptors (Lipinski definition) is 5. The molecule has 0 aliphatic rings. The Kier molecular flexibility index (Phi) is 4.18. The lowest BCUT2D eigenvalue weighted by Crippen LogP contribution is -2.29. The summed E-state index contributed by atoms with van der Waals surface area (Å²) in [6.07, 6.45) is 2.32. The van der Waals surface area contributed by atoms with Crippen LogP contribution in [0.15, 0.2) is 29.6 Å². The van der Waals surface area contributed by atoms with E-state index in [1.165, 1.54) is 22.5 Å². The minimum atomic E-state index is -3.61. The van der Waals surface area contributed by atoms with E-state index in [0.29, 0.717) is 5.52 Å². The van der Waals surface area contributed by atoms with Gasteiger partial charge in [-0.1, -0.05) is 6.07 Å². The van der Waals surface area contributed by atoms with Gasteiger partial charge in [-0.2, -0.15) is 0 Å². The van der Waals surface area contributed by atoms with Gasteiger partial charge in [0.2, 0.25) is 15.0 Å². The Labute approximate surface area is 126 Å². The summed E-state index contributed by atoms with van der Waals surface area (Å²) in [7, 11) is -2.16. The van der Waals surface area contributed by atoms with Crippen LogP contribution in [0.3, 0.4) is 0 Å². The molecule has 0 aliphatic carbocycles. The van der Waals surface area contributed by atoms with E-state index in [-0.39, 0.29) is 23.8 Å². The van der Waals surface area contributed by atoms with Crippen LogP contribution in [0.1, 0.15) is 16.9 Å². The summed E-state index contributed by atoms with van der Waals surface area (Å²) in [5, 5.41) is 8.44. The molecule has 0 spiro atoms. The monoisotopic (exact) mass is 325 g/mol. The van der Waals surface area contributed by atoms with Crippen molar-refractivity contribution in [3.05, 3.63) is 30.1 Å². The zero-order chi connectivity index (χ0) is 16.5. The topological polar surface area (TPSA) is 109 Å². The number of pyridine rings is 1. The second kappa shape index (κ2) is 5.76. The summed E-state index contributed by atoms with van der Waals surface area (Å²) in [6.45, 7) is 0.00816. The van der Waals surface area contributed by atoms with Gasteiger partial charge in [-0.3, -0.25) is 14.0 Å². The molecule has 0 fully saturated rings. The fraction of sp³-hybridized carbons (Fsp3) is 0.308. The molecule has 0 saturated carbocycles. The number of fused-ring (bicyclic) bond motifs is 1. The molecule has 0 bridgehead atoms. The van der Waals surface area contributed by atoms with Crippen LogP contribution < -0.4 is 0 Å². The van der Waals surface area contributed by atoms with Crippen LogP contribution in [0.25, 0.3) is 5.52 Å². The molecule has 1 amide bonds. The van der Waals surface area contributed by atoms with Gasteiger partial charge in [-0.25, -0.2) is 13.4 Å². The van der Waals surface area contributed by atoms with Crippen LogP contribution in [0.5, 0.6) is 0 Å². The second-order valence-corrected chi connectivity index (χ2v) is 6.75. The highest BCUT2D eigenvalue weighted by Crippen LogP contribution is 2.18. The number of carboxylic acids is 1. The molecule has 2 aromatic rings. The fourth-order valence-corrected chi connectivity index (χ4v) is 2.75. The number of imidazole rings is 1. The maximum absolute atomic E-state index is 12.4. The highest BCUT2D eigenvalue weighted by molar-refractivity contribution is 7.90. The molecular formula is C13H15N3O5S. The van der Waals surface area contributed by atoms with E-state index in [9.17, 15) is 18.0 Å². The lowest BCUT2D eigenvalue weighted by Gasteiger charge is -2.14. The van der Waals surface area contributed by atoms with E-state index in [4.69, 9.17) is 5.11 Å². The predicted molar refractivity (Wildman–Crippen MR) is 77.5 cm³/mol. The maximum atomic E-state index is 12.4. The number of carbonyl (C=O) groups excluding carboxylic acids is 1. The molecule has 2 aromatic heterocycles. The number of aromatic nitrogens is 2. The minimum Gasteiger partial charge on any atom is -0.481 e. The lowest BCUT2D eigenvalue weighted by atomic mass is 10.3. The summed E-state index contributed by atoms with van der Waals surface area (Å²) in [5.41, 5.74) is 0.337. The molecule has 1 N–H and O–H groups in total. The average molecular weight is 325 g/mol. The van der Waals surface area contributed by atoms with Gasteiger partial charge in [0.1, 0.15) is 0 Å². The zero-order valence-electron chi connectivity index (χ0n) is 12.1. The van der Waals surface area contributed by atoms with Crippen LogP contribution >= 0.6 is 0 Å². The number of rotatable bonds is 5. The first-order chi connectivity index (χ1) is 10.2. The number of nitrogens with zero attached hydrogens (tertiary/aromatic N) is 3. The van der Waals surface area contributed by atoms with Crippen molar-refractivity contribution in [2.24, 2.45) is 0 Å². The summed E-state index contributed by atoms with van der Waals surface area (Å²) < 4.78 is 24.9. The molecule has 0 radical (unpaired) electrons. The first-order valence-electron chi connectivity index (χ1n) is 6.36. The standard InChI is InChI=1S/C13H15N3O5S/c1-15(8-6-10(17)18)12(19)11-9-5-3-4-7-16(9)13(14-11)22(2,20)21/h3-5,7H,6,8H2,1-2H3,(H,17,18). The van der Waals surface area contributed by atoms with Gasteiger partial charge in [-0.05, 0) is 12.1 Å². The van der Waals surface area contributed by atoms with Crippen LogP contribution in [0, 0.1) is 0 Å². The third-order valence-corrected chi connectivity index (χ3v) is 4.01. The maximum Gasteiger partial charge on any atom is 0.305 e. The van der Waals surface area contributed by atoms with Gasteiger partial charge in [0, 0.05) is 26.0 Å². The van der Waals surface area contributed by atoms with Gasteiger partial charge in [-0.15, -0.1) is 0 Å². The Hall–Kier alpha value is -2.42. The third-order valence-electron chi connectivity index (χ3n) is 3.06. The molecule has 2 rings (SSSR count). The first-order valence-corrected chi connectivity index (χ1v) is 8.25. The molecule has 0 aromatic carbocycles. The van der Waals surface area contributed by atoms with Gasteiger partial charge < -0.3 is 10.0 Å². The van der Waals surface area contributed by atoms with Gasteiger partial charge in [0.15, 0.2) is 5.69 Å². The Morgan fingerprint density at radius 1 is 1.36 bits per heavy atom. The van der Waals surface area contributed by atoms with Gasteiger partial charge in [0.05, 0.1) is 11.9 Å². The van der Waals surface area contributed by atoms with Gasteiger partial charge in [0.25, 0.3) is 5.91 Å². The zero-order valence-corrected chi connectivity index (χ0v) is 12.9. The highest BCUT2D eigenvalue weighted by atomic mass is 32.2. The number of aliphatic carboxylic acids is 1. The van der Waals surface area contributed by atoms with Crippen molar-refractivity contribution in [2.45, 2.75) is 11.6 Å². The number of carboxylic acid groups (broad SMARTS) is 1. The van der Waals surface area contributed by atoms with Crippen LogP contribution in [-0.4, -0.2) is 59.5 Å². The van der Waals surface area contributed by atoms with E-state index >= 15 is 0 Å². The molecule has 9 heteroatoms. The lowest BCUT2D eigenvalue weighted by molar-refractivity contribution is -0.137. The number of hydrogen-bond donors (Lipinski definition) is 1. The smallest absolute Gasteiger partial charge is 0.305 e. The normalized spacial score (nSPS) is 11.5.